The van der Waals surface area contributed by atoms with Crippen LogP contribution in [0.25, 0.3) is 10.4 Å². The van der Waals surface area contributed by atoms with Gasteiger partial charge in [-0.3, -0.25) is 9.59 Å². The van der Waals surface area contributed by atoms with Crippen molar-refractivity contribution in [3.63, 3.8) is 0 Å². The van der Waals surface area contributed by atoms with Gasteiger partial charge in [-0.15, -0.1) is 11.3 Å². The van der Waals surface area contributed by atoms with Gasteiger partial charge in [0, 0.05) is 30.6 Å². The van der Waals surface area contributed by atoms with Crippen LogP contribution < -0.4 is 15.1 Å². The Morgan fingerprint density at radius 2 is 1.93 bits per heavy atom. The number of pyridine rings is 1. The van der Waals surface area contributed by atoms with Crippen molar-refractivity contribution in [3.05, 3.63) is 94.2 Å². The number of ether oxygens (including phenoxy) is 1. The minimum Gasteiger partial charge on any atom is -0.383 e. The summed E-state index contributed by atoms with van der Waals surface area (Å²) in [6.45, 7) is 3.71. The average molecular weight is 557 g/mol. The third kappa shape index (κ3) is 4.76. The molecule has 2 aromatic heterocycles. The lowest BCUT2D eigenvalue weighted by atomic mass is 10.0. The summed E-state index contributed by atoms with van der Waals surface area (Å²) in [6.07, 6.45) is 1.61. The Bertz CT molecular complexity index is 1580. The highest BCUT2D eigenvalue weighted by Gasteiger charge is 2.31. The number of amides is 2. The van der Waals surface area contributed by atoms with Crippen LogP contribution in [0.15, 0.2) is 66.7 Å². The Hall–Kier alpha value is -4.08. The van der Waals surface area contributed by atoms with Crippen molar-refractivity contribution in [2.45, 2.75) is 25.8 Å². The van der Waals surface area contributed by atoms with Gasteiger partial charge in [0.25, 0.3) is 11.8 Å². The molecule has 6 rings (SSSR count). The predicted molar refractivity (Wildman–Crippen MR) is 156 cm³/mol. The van der Waals surface area contributed by atoms with E-state index in [2.05, 4.69) is 10.2 Å². The molecule has 2 aliphatic heterocycles. The van der Waals surface area contributed by atoms with Crippen molar-refractivity contribution in [3.8, 4) is 10.4 Å². The molecule has 4 aromatic rings. The van der Waals surface area contributed by atoms with Crippen molar-refractivity contribution in [1.29, 1.82) is 0 Å². The zero-order chi connectivity index (χ0) is 27.8. The van der Waals surface area contributed by atoms with Crippen LogP contribution in [0.1, 0.15) is 37.7 Å². The van der Waals surface area contributed by atoms with Gasteiger partial charge in [-0.05, 0) is 61.2 Å². The van der Waals surface area contributed by atoms with Crippen molar-refractivity contribution < 1.29 is 18.7 Å². The van der Waals surface area contributed by atoms with Gasteiger partial charge < -0.3 is 19.9 Å². The Kier molecular flexibility index (Phi) is 7.08. The third-order valence-electron chi connectivity index (χ3n) is 7.53. The number of fused-ring (bicyclic) bond motifs is 3. The van der Waals surface area contributed by atoms with E-state index >= 15 is 0 Å². The fourth-order valence-corrected chi connectivity index (χ4v) is 6.47. The molecule has 2 aliphatic rings. The van der Waals surface area contributed by atoms with Gasteiger partial charge in [-0.1, -0.05) is 36.4 Å². The molecule has 7 nitrogen and oxygen atoms in total. The Morgan fingerprint density at radius 3 is 2.70 bits per heavy atom. The summed E-state index contributed by atoms with van der Waals surface area (Å²) >= 11 is 1.36. The van der Waals surface area contributed by atoms with E-state index in [1.807, 2.05) is 42.5 Å². The number of nitrogens with one attached hydrogen (secondary N) is 1. The highest BCUT2D eigenvalue weighted by atomic mass is 32.1. The zero-order valence-corrected chi connectivity index (χ0v) is 23.1. The predicted octanol–water partition coefficient (Wildman–Crippen LogP) is 5.94. The van der Waals surface area contributed by atoms with Gasteiger partial charge in [-0.25, -0.2) is 9.37 Å². The van der Waals surface area contributed by atoms with E-state index in [0.29, 0.717) is 35.7 Å². The summed E-state index contributed by atoms with van der Waals surface area (Å²) in [6, 6.07) is 20.1. The van der Waals surface area contributed by atoms with E-state index in [9.17, 15) is 14.0 Å². The normalized spacial score (nSPS) is 16.0. The molecule has 2 aromatic carbocycles. The maximum Gasteiger partial charge on any atom is 0.276 e. The van der Waals surface area contributed by atoms with Crippen LogP contribution in [-0.4, -0.2) is 49.6 Å². The van der Waals surface area contributed by atoms with Crippen LogP contribution in [0.2, 0.25) is 0 Å². The number of aryl methyl sites for hydroxylation is 1. The number of benzene rings is 2. The number of thiophene rings is 1. The average Bonchev–Trinajstić information content (AvgIpc) is 3.31. The second-order valence-electron chi connectivity index (χ2n) is 10.0. The summed E-state index contributed by atoms with van der Waals surface area (Å²) in [5, 5.41) is 2.74. The molecule has 40 heavy (non-hydrogen) atoms. The molecule has 1 atom stereocenters. The molecule has 1 fully saturated rings. The molecule has 0 radical (unpaired) electrons. The first-order chi connectivity index (χ1) is 19.4. The molecule has 0 saturated carbocycles. The van der Waals surface area contributed by atoms with E-state index in [0.717, 1.165) is 40.5 Å². The standard InChI is InChI=1S/C31H29FN4O3S/c1-19-7-5-9-23(32)28(19)34-30(37)26-17-20-13-15-36(25-11-4-3-8-22(25)29(20)40-26)31(38)24-10-6-12-27(33-24)35-16-14-21(35)18-39-2/h3-12,17,21H,13-16,18H2,1-2H3,(H,34,37). The number of aromatic nitrogens is 1. The van der Waals surface area contributed by atoms with E-state index in [1.165, 1.54) is 17.4 Å². The van der Waals surface area contributed by atoms with Crippen LogP contribution >= 0.6 is 11.3 Å². The number of anilines is 3. The second kappa shape index (κ2) is 10.8. The topological polar surface area (TPSA) is 74.8 Å². The van der Waals surface area contributed by atoms with E-state index in [4.69, 9.17) is 9.72 Å². The molecule has 4 heterocycles. The van der Waals surface area contributed by atoms with Crippen molar-refractivity contribution >= 4 is 40.3 Å². The number of carbonyl (C=O) groups excluding carboxylic acids is 2. The molecule has 204 valence electrons. The quantitative estimate of drug-likeness (QED) is 0.318. The number of nitrogens with zero attached hydrogens (tertiary/aromatic N) is 3. The molecule has 2 amide bonds. The summed E-state index contributed by atoms with van der Waals surface area (Å²) in [5.74, 6) is -0.203. The molecule has 9 heteroatoms. The van der Waals surface area contributed by atoms with Gasteiger partial charge in [0.2, 0.25) is 0 Å². The molecule has 1 saturated heterocycles. The highest BCUT2D eigenvalue weighted by molar-refractivity contribution is 7.17. The van der Waals surface area contributed by atoms with E-state index in [-0.39, 0.29) is 23.5 Å². The monoisotopic (exact) mass is 556 g/mol. The van der Waals surface area contributed by atoms with Gasteiger partial charge in [0.05, 0.1) is 28.9 Å². The van der Waals surface area contributed by atoms with Gasteiger partial charge in [0.1, 0.15) is 17.3 Å². The van der Waals surface area contributed by atoms with Crippen LogP contribution in [0, 0.1) is 12.7 Å². The summed E-state index contributed by atoms with van der Waals surface area (Å²) < 4.78 is 19.7. The number of hydrogen-bond donors (Lipinski definition) is 1. The van der Waals surface area contributed by atoms with Crippen molar-refractivity contribution in [2.75, 3.05) is 41.9 Å². The second-order valence-corrected chi connectivity index (χ2v) is 11.1. The number of halogens is 1. The maximum atomic E-state index is 14.3. The molecule has 0 spiro atoms. The molecule has 1 N–H and O–H groups in total. The van der Waals surface area contributed by atoms with Gasteiger partial charge >= 0.3 is 0 Å². The fourth-order valence-electron chi connectivity index (χ4n) is 5.33. The number of rotatable bonds is 6. The zero-order valence-electron chi connectivity index (χ0n) is 22.3. The largest absolute Gasteiger partial charge is 0.383 e. The minimum absolute atomic E-state index is 0.165. The fraction of sp³-hybridized carbons (Fsp3) is 0.258. The Balaban J connectivity index is 1.28. The molecule has 0 bridgehead atoms. The minimum atomic E-state index is -0.466. The lowest BCUT2D eigenvalue weighted by Crippen LogP contribution is -2.50. The number of hydrogen-bond acceptors (Lipinski definition) is 6. The lowest BCUT2D eigenvalue weighted by molar-refractivity contribution is 0.0981. The molecular formula is C31H29FN4O3S. The number of methoxy groups -OCH3 is 1. The first kappa shape index (κ1) is 26.2. The van der Waals surface area contributed by atoms with Crippen LogP contribution in [-0.2, 0) is 11.2 Å². The third-order valence-corrected chi connectivity index (χ3v) is 8.74. The lowest BCUT2D eigenvalue weighted by Gasteiger charge is -2.41. The van der Waals surface area contributed by atoms with Crippen molar-refractivity contribution in [2.24, 2.45) is 0 Å². The Labute approximate surface area is 236 Å². The van der Waals surface area contributed by atoms with Crippen LogP contribution in [0.4, 0.5) is 21.6 Å². The SMILES string of the molecule is COCC1CCN1c1cccc(C(=O)N2CCc3cc(C(=O)Nc4c(C)cccc4F)sc3-c3ccccc32)n1. The van der Waals surface area contributed by atoms with Gasteiger partial charge in [-0.2, -0.15) is 0 Å². The summed E-state index contributed by atoms with van der Waals surface area (Å²) in [4.78, 5) is 37.1. The highest BCUT2D eigenvalue weighted by Crippen LogP contribution is 2.42. The van der Waals surface area contributed by atoms with E-state index < -0.39 is 5.82 Å². The van der Waals surface area contributed by atoms with Crippen LogP contribution in [0.3, 0.4) is 0 Å². The first-order valence-electron chi connectivity index (χ1n) is 13.3. The molecular weight excluding hydrogens is 527 g/mol. The Morgan fingerprint density at radius 1 is 1.10 bits per heavy atom. The molecule has 0 aliphatic carbocycles. The van der Waals surface area contributed by atoms with Gasteiger partial charge in [0.15, 0.2) is 0 Å². The maximum absolute atomic E-state index is 14.3. The smallest absolute Gasteiger partial charge is 0.276 e. The summed E-state index contributed by atoms with van der Waals surface area (Å²) in [5.41, 5.74) is 3.88. The first-order valence-corrected chi connectivity index (χ1v) is 14.1. The van der Waals surface area contributed by atoms with E-state index in [1.54, 1.807) is 37.1 Å². The molecule has 1 unspecified atom stereocenters. The van der Waals surface area contributed by atoms with Crippen LogP contribution in [0.5, 0.6) is 0 Å². The van der Waals surface area contributed by atoms with Crippen molar-refractivity contribution in [1.82, 2.24) is 4.98 Å². The summed E-state index contributed by atoms with van der Waals surface area (Å²) in [7, 11) is 1.69. The number of para-hydroxylation sites is 2. The number of carbonyl (C=O) groups is 2.